The minimum atomic E-state index is -0.606. The molecule has 0 saturated carbocycles. The van der Waals surface area contributed by atoms with E-state index in [1.807, 2.05) is 30.3 Å². The molecule has 1 unspecified atom stereocenters. The highest BCUT2D eigenvalue weighted by Gasteiger charge is 2.34. The van der Waals surface area contributed by atoms with Gasteiger partial charge in [-0.05, 0) is 31.7 Å². The molecule has 0 radical (unpaired) electrons. The maximum Gasteiger partial charge on any atom is 0.0920 e. The maximum atomic E-state index is 10.7. The van der Waals surface area contributed by atoms with Gasteiger partial charge in [0.1, 0.15) is 0 Å². The Bertz CT molecular complexity index is 341. The Balaban J connectivity index is 2.03. The first-order valence-electron chi connectivity index (χ1n) is 6.67. The van der Waals surface area contributed by atoms with E-state index in [2.05, 4.69) is 18.7 Å². The Kier molecular flexibility index (Phi) is 3.85. The van der Waals surface area contributed by atoms with E-state index in [-0.39, 0.29) is 0 Å². The molecule has 1 aromatic carbocycles. The molecule has 94 valence electrons. The van der Waals surface area contributed by atoms with Crippen LogP contribution in [-0.2, 0) is 5.60 Å². The fourth-order valence-electron chi connectivity index (χ4n) is 2.63. The Hall–Kier alpha value is -0.860. The summed E-state index contributed by atoms with van der Waals surface area (Å²) in [5.74, 6) is 0. The summed E-state index contributed by atoms with van der Waals surface area (Å²) in [5.41, 5.74) is 0.467. The highest BCUT2D eigenvalue weighted by molar-refractivity contribution is 5.22. The predicted molar refractivity (Wildman–Crippen MR) is 70.9 cm³/mol. The number of rotatable bonds is 3. The van der Waals surface area contributed by atoms with Crippen molar-refractivity contribution in [2.45, 2.75) is 44.8 Å². The molecule has 0 amide bonds. The van der Waals surface area contributed by atoms with Crippen LogP contribution >= 0.6 is 0 Å². The SMILES string of the molecule is CCC(C)N1CCC(O)(c2ccccc2)CC1. The van der Waals surface area contributed by atoms with Crippen LogP contribution in [0.2, 0.25) is 0 Å². The molecule has 1 aliphatic rings. The van der Waals surface area contributed by atoms with Gasteiger partial charge in [0.05, 0.1) is 5.60 Å². The molecule has 0 aromatic heterocycles. The van der Waals surface area contributed by atoms with Crippen LogP contribution in [0.3, 0.4) is 0 Å². The van der Waals surface area contributed by atoms with Gasteiger partial charge in [-0.15, -0.1) is 0 Å². The van der Waals surface area contributed by atoms with Gasteiger partial charge in [0.15, 0.2) is 0 Å². The van der Waals surface area contributed by atoms with Crippen molar-refractivity contribution in [3.63, 3.8) is 0 Å². The van der Waals surface area contributed by atoms with Crippen LogP contribution in [-0.4, -0.2) is 29.1 Å². The predicted octanol–water partition coefficient (Wildman–Crippen LogP) is 2.77. The molecule has 1 fully saturated rings. The molecule has 1 heterocycles. The van der Waals surface area contributed by atoms with Crippen LogP contribution in [0.1, 0.15) is 38.7 Å². The Labute approximate surface area is 104 Å². The summed E-state index contributed by atoms with van der Waals surface area (Å²) >= 11 is 0. The number of benzene rings is 1. The lowest BCUT2D eigenvalue weighted by Crippen LogP contribution is -2.45. The topological polar surface area (TPSA) is 23.5 Å². The van der Waals surface area contributed by atoms with E-state index in [0.29, 0.717) is 6.04 Å². The van der Waals surface area contributed by atoms with Crippen molar-refractivity contribution in [1.82, 2.24) is 4.90 Å². The van der Waals surface area contributed by atoms with Gasteiger partial charge in [0.2, 0.25) is 0 Å². The number of hydrogen-bond donors (Lipinski definition) is 1. The number of nitrogens with zero attached hydrogens (tertiary/aromatic N) is 1. The lowest BCUT2D eigenvalue weighted by molar-refractivity contribution is -0.0342. The van der Waals surface area contributed by atoms with Crippen LogP contribution in [0.15, 0.2) is 30.3 Å². The van der Waals surface area contributed by atoms with E-state index in [1.165, 1.54) is 6.42 Å². The zero-order valence-electron chi connectivity index (χ0n) is 10.9. The van der Waals surface area contributed by atoms with Crippen molar-refractivity contribution in [2.24, 2.45) is 0 Å². The number of aliphatic hydroxyl groups is 1. The monoisotopic (exact) mass is 233 g/mol. The molecule has 1 saturated heterocycles. The summed E-state index contributed by atoms with van der Waals surface area (Å²) in [4.78, 5) is 2.48. The Morgan fingerprint density at radius 3 is 2.35 bits per heavy atom. The van der Waals surface area contributed by atoms with E-state index in [0.717, 1.165) is 31.5 Å². The summed E-state index contributed by atoms with van der Waals surface area (Å²) in [6, 6.07) is 10.7. The van der Waals surface area contributed by atoms with E-state index < -0.39 is 5.60 Å². The quantitative estimate of drug-likeness (QED) is 0.867. The first kappa shape index (κ1) is 12.6. The third kappa shape index (κ3) is 2.70. The molecule has 1 N–H and O–H groups in total. The second-order valence-corrected chi connectivity index (χ2v) is 5.19. The maximum absolute atomic E-state index is 10.7. The summed E-state index contributed by atoms with van der Waals surface area (Å²) in [5, 5.41) is 10.7. The van der Waals surface area contributed by atoms with Crippen LogP contribution < -0.4 is 0 Å². The zero-order valence-corrected chi connectivity index (χ0v) is 10.9. The minimum Gasteiger partial charge on any atom is -0.385 e. The van der Waals surface area contributed by atoms with Gasteiger partial charge < -0.3 is 10.0 Å². The highest BCUT2D eigenvalue weighted by Crippen LogP contribution is 2.33. The van der Waals surface area contributed by atoms with Gasteiger partial charge in [-0.25, -0.2) is 0 Å². The lowest BCUT2D eigenvalue weighted by atomic mass is 9.84. The highest BCUT2D eigenvalue weighted by atomic mass is 16.3. The first-order valence-corrected chi connectivity index (χ1v) is 6.67. The second-order valence-electron chi connectivity index (χ2n) is 5.19. The van der Waals surface area contributed by atoms with Gasteiger partial charge in [-0.2, -0.15) is 0 Å². The van der Waals surface area contributed by atoms with Gasteiger partial charge >= 0.3 is 0 Å². The van der Waals surface area contributed by atoms with Gasteiger partial charge in [0.25, 0.3) is 0 Å². The van der Waals surface area contributed by atoms with E-state index in [4.69, 9.17) is 0 Å². The van der Waals surface area contributed by atoms with Crippen LogP contribution in [0.4, 0.5) is 0 Å². The molecular formula is C15H23NO. The average Bonchev–Trinajstić information content (AvgIpc) is 2.40. The molecule has 2 rings (SSSR count). The number of piperidine rings is 1. The fourth-order valence-corrected chi connectivity index (χ4v) is 2.63. The third-order valence-electron chi connectivity index (χ3n) is 4.15. The summed E-state index contributed by atoms with van der Waals surface area (Å²) in [7, 11) is 0. The molecule has 1 atom stereocenters. The van der Waals surface area contributed by atoms with Crippen molar-refractivity contribution in [3.05, 3.63) is 35.9 Å². The first-order chi connectivity index (χ1) is 8.15. The van der Waals surface area contributed by atoms with Gasteiger partial charge in [-0.1, -0.05) is 37.3 Å². The van der Waals surface area contributed by atoms with Crippen molar-refractivity contribution in [3.8, 4) is 0 Å². The second kappa shape index (κ2) is 5.19. The zero-order chi connectivity index (χ0) is 12.3. The standard InChI is InChI=1S/C15H23NO/c1-3-13(2)16-11-9-15(17,10-12-16)14-7-5-4-6-8-14/h4-8,13,17H,3,9-12H2,1-2H3. The average molecular weight is 233 g/mol. The molecule has 0 spiro atoms. The van der Waals surface area contributed by atoms with E-state index in [1.54, 1.807) is 0 Å². The molecule has 2 nitrogen and oxygen atoms in total. The Morgan fingerprint density at radius 1 is 1.24 bits per heavy atom. The van der Waals surface area contributed by atoms with Crippen LogP contribution in [0.5, 0.6) is 0 Å². The summed E-state index contributed by atoms with van der Waals surface area (Å²) < 4.78 is 0. The number of likely N-dealkylation sites (tertiary alicyclic amines) is 1. The molecule has 2 heteroatoms. The van der Waals surface area contributed by atoms with Crippen LogP contribution in [0.25, 0.3) is 0 Å². The van der Waals surface area contributed by atoms with Gasteiger partial charge in [0, 0.05) is 19.1 Å². The van der Waals surface area contributed by atoms with E-state index in [9.17, 15) is 5.11 Å². The fraction of sp³-hybridized carbons (Fsp3) is 0.600. The molecule has 0 aliphatic carbocycles. The lowest BCUT2D eigenvalue weighted by Gasteiger charge is -2.41. The molecular weight excluding hydrogens is 210 g/mol. The summed E-state index contributed by atoms with van der Waals surface area (Å²) in [6.07, 6.45) is 2.88. The van der Waals surface area contributed by atoms with Gasteiger partial charge in [-0.3, -0.25) is 0 Å². The van der Waals surface area contributed by atoms with Crippen molar-refractivity contribution < 1.29 is 5.11 Å². The molecule has 0 bridgehead atoms. The van der Waals surface area contributed by atoms with Crippen molar-refractivity contribution >= 4 is 0 Å². The van der Waals surface area contributed by atoms with Crippen molar-refractivity contribution in [2.75, 3.05) is 13.1 Å². The molecule has 1 aliphatic heterocycles. The van der Waals surface area contributed by atoms with E-state index >= 15 is 0 Å². The number of hydrogen-bond acceptors (Lipinski definition) is 2. The molecule has 17 heavy (non-hydrogen) atoms. The smallest absolute Gasteiger partial charge is 0.0920 e. The Morgan fingerprint density at radius 2 is 1.82 bits per heavy atom. The minimum absolute atomic E-state index is 0.606. The third-order valence-corrected chi connectivity index (χ3v) is 4.15. The van der Waals surface area contributed by atoms with Crippen LogP contribution in [0, 0.1) is 0 Å². The normalized spacial score (nSPS) is 22.3. The largest absolute Gasteiger partial charge is 0.385 e. The van der Waals surface area contributed by atoms with Crippen molar-refractivity contribution in [1.29, 1.82) is 0 Å². The summed E-state index contributed by atoms with van der Waals surface area (Å²) in [6.45, 7) is 6.50. The molecule has 1 aromatic rings.